The Hall–Kier alpha value is -1.95. The number of benzene rings is 1. The zero-order valence-corrected chi connectivity index (χ0v) is 10.5. The number of rotatable bonds is 1. The van der Waals surface area contributed by atoms with Crippen LogP contribution >= 0.6 is 12.2 Å². The molecular formula is C12H11N3O2S. The lowest BCUT2D eigenvalue weighted by Gasteiger charge is -2.14. The van der Waals surface area contributed by atoms with Crippen molar-refractivity contribution in [2.45, 2.75) is 19.1 Å². The molecule has 5 nitrogen and oxygen atoms in total. The summed E-state index contributed by atoms with van der Waals surface area (Å²) < 4.78 is 7.37. The number of aromatic nitrogens is 3. The van der Waals surface area contributed by atoms with Gasteiger partial charge in [-0.15, -0.1) is 0 Å². The summed E-state index contributed by atoms with van der Waals surface area (Å²) in [5, 5.41) is 0. The summed E-state index contributed by atoms with van der Waals surface area (Å²) in [5.41, 5.74) is 0.733. The molecule has 0 fully saturated rings. The zero-order valence-electron chi connectivity index (χ0n) is 9.66. The highest BCUT2D eigenvalue weighted by molar-refractivity contribution is 7.71. The number of fused-ring (bicyclic) bond motifs is 1. The number of nitrogens with zero attached hydrogens (tertiary/aromatic N) is 2. The molecule has 1 aromatic carbocycles. The fraction of sp³-hybridized carbons (Fsp3) is 0.250. The molecule has 3 rings (SSSR count). The number of aromatic amines is 1. The van der Waals surface area contributed by atoms with Gasteiger partial charge in [-0.05, 0) is 24.7 Å². The SMILES string of the molecule is C[C@@H]1[C@@H](c2ccccc2)Oc2nc(=S)[nH]c(=O)n21. The second-order valence-corrected chi connectivity index (χ2v) is 4.58. The number of hydrogen-bond acceptors (Lipinski definition) is 4. The Balaban J connectivity index is 2.10. The molecule has 0 spiro atoms. The highest BCUT2D eigenvalue weighted by atomic mass is 32.1. The molecule has 2 aromatic rings. The summed E-state index contributed by atoms with van der Waals surface area (Å²) in [5.74, 6) is 0. The van der Waals surface area contributed by atoms with E-state index in [2.05, 4.69) is 9.97 Å². The molecule has 0 saturated heterocycles. The van der Waals surface area contributed by atoms with Crippen LogP contribution in [0.1, 0.15) is 24.6 Å². The van der Waals surface area contributed by atoms with E-state index in [0.29, 0.717) is 0 Å². The molecule has 0 aliphatic carbocycles. The van der Waals surface area contributed by atoms with E-state index in [1.807, 2.05) is 37.3 Å². The molecule has 0 unspecified atom stereocenters. The standard InChI is InChI=1S/C12H11N3O2S/c1-7-9(8-5-3-2-4-6-8)17-12-14-10(18)13-11(16)15(7)12/h2-7,9H,1H3,(H,13,16,18)/t7-,9+/m1/s1. The summed E-state index contributed by atoms with van der Waals surface area (Å²) in [6.45, 7) is 1.92. The van der Waals surface area contributed by atoms with Crippen LogP contribution in [0, 0.1) is 4.77 Å². The van der Waals surface area contributed by atoms with E-state index in [1.165, 1.54) is 4.57 Å². The Morgan fingerprint density at radius 3 is 2.83 bits per heavy atom. The van der Waals surface area contributed by atoms with Gasteiger partial charge in [0.1, 0.15) is 6.10 Å². The first kappa shape index (κ1) is 11.2. The lowest BCUT2D eigenvalue weighted by atomic mass is 10.0. The Kier molecular flexibility index (Phi) is 2.52. The van der Waals surface area contributed by atoms with E-state index in [9.17, 15) is 4.79 Å². The Morgan fingerprint density at radius 2 is 2.11 bits per heavy atom. The molecule has 92 valence electrons. The monoisotopic (exact) mass is 261 g/mol. The number of ether oxygens (including phenoxy) is 1. The van der Waals surface area contributed by atoms with E-state index < -0.39 is 0 Å². The first-order valence-electron chi connectivity index (χ1n) is 5.61. The van der Waals surface area contributed by atoms with E-state index in [0.717, 1.165) is 5.56 Å². The molecule has 18 heavy (non-hydrogen) atoms. The fourth-order valence-corrected chi connectivity index (χ4v) is 2.35. The maximum Gasteiger partial charge on any atom is 0.332 e. The summed E-state index contributed by atoms with van der Waals surface area (Å²) in [4.78, 5) is 18.4. The van der Waals surface area contributed by atoms with Crippen molar-refractivity contribution in [3.05, 3.63) is 51.2 Å². The van der Waals surface area contributed by atoms with Crippen LogP contribution < -0.4 is 10.4 Å². The maximum absolute atomic E-state index is 11.8. The normalized spacial score (nSPS) is 21.4. The van der Waals surface area contributed by atoms with Crippen LogP contribution in [0.3, 0.4) is 0 Å². The molecular weight excluding hydrogens is 250 g/mol. The highest BCUT2D eigenvalue weighted by Gasteiger charge is 2.33. The molecule has 1 aliphatic rings. The van der Waals surface area contributed by atoms with Gasteiger partial charge >= 0.3 is 11.7 Å². The first-order chi connectivity index (χ1) is 8.66. The van der Waals surface area contributed by atoms with Gasteiger partial charge in [0.05, 0.1) is 6.04 Å². The van der Waals surface area contributed by atoms with Crippen molar-refractivity contribution in [2.24, 2.45) is 0 Å². The van der Waals surface area contributed by atoms with E-state index in [4.69, 9.17) is 17.0 Å². The molecule has 1 N–H and O–H groups in total. The van der Waals surface area contributed by atoms with Crippen molar-refractivity contribution in [3.63, 3.8) is 0 Å². The van der Waals surface area contributed by atoms with Gasteiger partial charge < -0.3 is 4.74 Å². The van der Waals surface area contributed by atoms with Crippen LogP contribution in [0.5, 0.6) is 6.01 Å². The van der Waals surface area contributed by atoms with Gasteiger partial charge in [0.2, 0.25) is 4.77 Å². The third-order valence-electron chi connectivity index (χ3n) is 3.04. The lowest BCUT2D eigenvalue weighted by molar-refractivity contribution is 0.206. The lowest BCUT2D eigenvalue weighted by Crippen LogP contribution is -2.24. The minimum atomic E-state index is -0.282. The van der Waals surface area contributed by atoms with Gasteiger partial charge in [-0.3, -0.25) is 4.98 Å². The van der Waals surface area contributed by atoms with Crippen molar-refractivity contribution >= 4 is 12.2 Å². The average molecular weight is 261 g/mol. The molecule has 6 heteroatoms. The van der Waals surface area contributed by atoms with Crippen LogP contribution in [0.2, 0.25) is 0 Å². The quantitative estimate of drug-likeness (QED) is 0.798. The van der Waals surface area contributed by atoms with Gasteiger partial charge in [0, 0.05) is 0 Å². The minimum absolute atomic E-state index is 0.116. The Bertz CT molecular complexity index is 692. The molecule has 2 heterocycles. The summed E-state index contributed by atoms with van der Waals surface area (Å²) in [7, 11) is 0. The van der Waals surface area contributed by atoms with Gasteiger partial charge in [0.15, 0.2) is 0 Å². The number of hydrogen-bond donors (Lipinski definition) is 1. The van der Waals surface area contributed by atoms with Gasteiger partial charge in [-0.25, -0.2) is 9.36 Å². The van der Waals surface area contributed by atoms with E-state index in [1.54, 1.807) is 0 Å². The van der Waals surface area contributed by atoms with Crippen LogP contribution in [-0.2, 0) is 0 Å². The van der Waals surface area contributed by atoms with Crippen molar-refractivity contribution in [1.82, 2.24) is 14.5 Å². The van der Waals surface area contributed by atoms with Crippen LogP contribution in [0.15, 0.2) is 35.1 Å². The molecule has 0 amide bonds. The smallest absolute Gasteiger partial charge is 0.332 e. The second kappa shape index (κ2) is 4.06. The Morgan fingerprint density at radius 1 is 1.39 bits per heavy atom. The second-order valence-electron chi connectivity index (χ2n) is 4.19. The number of nitrogens with one attached hydrogen (secondary N) is 1. The van der Waals surface area contributed by atoms with Crippen LogP contribution in [0.4, 0.5) is 0 Å². The molecule has 0 saturated carbocycles. The predicted octanol–water partition coefficient (Wildman–Crippen LogP) is 2.00. The molecule has 0 radical (unpaired) electrons. The van der Waals surface area contributed by atoms with E-state index in [-0.39, 0.29) is 28.6 Å². The minimum Gasteiger partial charge on any atom is -0.454 e. The number of H-pyrrole nitrogens is 1. The van der Waals surface area contributed by atoms with Crippen LogP contribution in [-0.4, -0.2) is 14.5 Å². The van der Waals surface area contributed by atoms with Crippen LogP contribution in [0.25, 0.3) is 0 Å². The van der Waals surface area contributed by atoms with Crippen molar-refractivity contribution in [3.8, 4) is 6.01 Å². The zero-order chi connectivity index (χ0) is 12.7. The maximum atomic E-state index is 11.8. The summed E-state index contributed by atoms with van der Waals surface area (Å²) in [6, 6.07) is 9.92. The third kappa shape index (κ3) is 1.65. The average Bonchev–Trinajstić information content (AvgIpc) is 2.67. The van der Waals surface area contributed by atoms with Crippen molar-refractivity contribution in [1.29, 1.82) is 0 Å². The Labute approximate surface area is 108 Å². The topological polar surface area (TPSA) is 59.9 Å². The predicted molar refractivity (Wildman–Crippen MR) is 68.2 cm³/mol. The van der Waals surface area contributed by atoms with Gasteiger partial charge in [-0.1, -0.05) is 30.3 Å². The third-order valence-corrected chi connectivity index (χ3v) is 3.24. The molecule has 1 aliphatic heterocycles. The fourth-order valence-electron chi connectivity index (χ4n) is 2.19. The first-order valence-corrected chi connectivity index (χ1v) is 6.02. The van der Waals surface area contributed by atoms with Gasteiger partial charge in [0.25, 0.3) is 0 Å². The van der Waals surface area contributed by atoms with Crippen molar-refractivity contribution < 1.29 is 4.74 Å². The summed E-state index contributed by atoms with van der Waals surface area (Å²) >= 11 is 4.87. The summed E-state index contributed by atoms with van der Waals surface area (Å²) in [6.07, 6.45) is -0.211. The van der Waals surface area contributed by atoms with Gasteiger partial charge in [-0.2, -0.15) is 4.98 Å². The van der Waals surface area contributed by atoms with Crippen molar-refractivity contribution in [2.75, 3.05) is 0 Å². The highest BCUT2D eigenvalue weighted by Crippen LogP contribution is 2.36. The largest absolute Gasteiger partial charge is 0.454 e. The molecule has 2 atom stereocenters. The van der Waals surface area contributed by atoms with E-state index >= 15 is 0 Å². The molecule has 0 bridgehead atoms. The molecule has 1 aromatic heterocycles.